The van der Waals surface area contributed by atoms with Crippen molar-refractivity contribution in [3.8, 4) is 0 Å². The number of hydrogen-bond donors (Lipinski definition) is 0. The standard InChI is InChI=1S/C10H16/c1-8(2)6-9(3)7-10-4-5-10/h7,10H,1,4-6H2,2-3H3. The van der Waals surface area contributed by atoms with Gasteiger partial charge in [0, 0.05) is 0 Å². The van der Waals surface area contributed by atoms with Gasteiger partial charge in [-0.1, -0.05) is 23.8 Å². The first kappa shape index (κ1) is 7.59. The SMILES string of the molecule is C=C(C)CC(C)=CC1CC1. The van der Waals surface area contributed by atoms with Gasteiger partial charge in [-0.3, -0.25) is 0 Å². The Hall–Kier alpha value is -0.520. The summed E-state index contributed by atoms with van der Waals surface area (Å²) in [5.41, 5.74) is 2.77. The average Bonchev–Trinajstić information content (AvgIpc) is 2.46. The smallest absolute Gasteiger partial charge is 0.0117 e. The highest BCUT2D eigenvalue weighted by atomic mass is 14.2. The van der Waals surface area contributed by atoms with Crippen LogP contribution < -0.4 is 0 Å². The van der Waals surface area contributed by atoms with Crippen molar-refractivity contribution in [2.45, 2.75) is 33.1 Å². The van der Waals surface area contributed by atoms with Crippen LogP contribution in [0.25, 0.3) is 0 Å². The third kappa shape index (κ3) is 2.86. The molecule has 0 spiro atoms. The first-order valence-corrected chi connectivity index (χ1v) is 4.00. The molecule has 10 heavy (non-hydrogen) atoms. The molecule has 0 bridgehead atoms. The minimum atomic E-state index is 0.916. The van der Waals surface area contributed by atoms with Crippen molar-refractivity contribution in [3.05, 3.63) is 23.8 Å². The second-order valence-electron chi connectivity index (χ2n) is 3.48. The lowest BCUT2D eigenvalue weighted by Gasteiger charge is -1.98. The van der Waals surface area contributed by atoms with Crippen molar-refractivity contribution in [2.24, 2.45) is 5.92 Å². The fourth-order valence-corrected chi connectivity index (χ4v) is 1.20. The van der Waals surface area contributed by atoms with Crippen molar-refractivity contribution in [2.75, 3.05) is 0 Å². The van der Waals surface area contributed by atoms with Crippen molar-refractivity contribution in [3.63, 3.8) is 0 Å². The maximum atomic E-state index is 3.88. The summed E-state index contributed by atoms with van der Waals surface area (Å²) < 4.78 is 0. The van der Waals surface area contributed by atoms with Gasteiger partial charge in [-0.05, 0) is 39.0 Å². The van der Waals surface area contributed by atoms with Crippen LogP contribution >= 0.6 is 0 Å². The van der Waals surface area contributed by atoms with E-state index in [1.807, 2.05) is 0 Å². The zero-order chi connectivity index (χ0) is 7.56. The van der Waals surface area contributed by atoms with Gasteiger partial charge in [0.05, 0.1) is 0 Å². The molecule has 0 aromatic rings. The second-order valence-corrected chi connectivity index (χ2v) is 3.48. The number of hydrogen-bond acceptors (Lipinski definition) is 0. The molecule has 1 aliphatic rings. The zero-order valence-electron chi connectivity index (χ0n) is 6.98. The molecule has 0 amide bonds. The summed E-state index contributed by atoms with van der Waals surface area (Å²) in [7, 11) is 0. The summed E-state index contributed by atoms with van der Waals surface area (Å²) in [6.45, 7) is 8.17. The molecule has 1 saturated carbocycles. The predicted octanol–water partition coefficient (Wildman–Crippen LogP) is 3.31. The molecule has 1 fully saturated rings. The lowest BCUT2D eigenvalue weighted by molar-refractivity contribution is 1.03. The zero-order valence-corrected chi connectivity index (χ0v) is 6.98. The highest BCUT2D eigenvalue weighted by molar-refractivity contribution is 5.12. The van der Waals surface area contributed by atoms with Gasteiger partial charge in [-0.2, -0.15) is 0 Å². The van der Waals surface area contributed by atoms with E-state index < -0.39 is 0 Å². The maximum Gasteiger partial charge on any atom is -0.0117 e. The van der Waals surface area contributed by atoms with E-state index in [1.54, 1.807) is 0 Å². The molecule has 0 atom stereocenters. The van der Waals surface area contributed by atoms with Crippen LogP contribution in [-0.4, -0.2) is 0 Å². The number of rotatable bonds is 3. The van der Waals surface area contributed by atoms with Gasteiger partial charge in [0.1, 0.15) is 0 Å². The molecular formula is C10H16. The van der Waals surface area contributed by atoms with Gasteiger partial charge in [0.25, 0.3) is 0 Å². The summed E-state index contributed by atoms with van der Waals surface area (Å²) in [5.74, 6) is 0.916. The van der Waals surface area contributed by atoms with Crippen molar-refractivity contribution in [1.29, 1.82) is 0 Å². The first-order chi connectivity index (χ1) is 4.68. The molecule has 0 saturated heterocycles. The molecule has 1 rings (SSSR count). The summed E-state index contributed by atoms with van der Waals surface area (Å²) in [6.07, 6.45) is 6.31. The first-order valence-electron chi connectivity index (χ1n) is 4.00. The Morgan fingerprint density at radius 1 is 1.50 bits per heavy atom. The summed E-state index contributed by atoms with van der Waals surface area (Å²) in [4.78, 5) is 0. The van der Waals surface area contributed by atoms with Crippen molar-refractivity contribution < 1.29 is 0 Å². The second kappa shape index (κ2) is 3.05. The van der Waals surface area contributed by atoms with E-state index in [0.717, 1.165) is 12.3 Å². The van der Waals surface area contributed by atoms with E-state index in [-0.39, 0.29) is 0 Å². The quantitative estimate of drug-likeness (QED) is 0.522. The van der Waals surface area contributed by atoms with Crippen LogP contribution in [0, 0.1) is 5.92 Å². The van der Waals surface area contributed by atoms with Crippen LogP contribution in [0.3, 0.4) is 0 Å². The Morgan fingerprint density at radius 3 is 2.50 bits per heavy atom. The Morgan fingerprint density at radius 2 is 2.10 bits per heavy atom. The Labute approximate surface area is 63.6 Å². The minimum absolute atomic E-state index is 0.916. The topological polar surface area (TPSA) is 0 Å². The van der Waals surface area contributed by atoms with Crippen molar-refractivity contribution >= 4 is 0 Å². The van der Waals surface area contributed by atoms with Crippen LogP contribution in [0.2, 0.25) is 0 Å². The molecule has 0 N–H and O–H groups in total. The van der Waals surface area contributed by atoms with E-state index >= 15 is 0 Å². The molecule has 0 nitrogen and oxygen atoms in total. The third-order valence-electron chi connectivity index (χ3n) is 1.72. The van der Waals surface area contributed by atoms with E-state index in [1.165, 1.54) is 24.0 Å². The van der Waals surface area contributed by atoms with E-state index in [4.69, 9.17) is 0 Å². The van der Waals surface area contributed by atoms with E-state index in [0.29, 0.717) is 0 Å². The molecule has 0 heterocycles. The largest absolute Gasteiger partial charge is 0.0998 e. The Balaban J connectivity index is 2.31. The molecular weight excluding hydrogens is 120 g/mol. The molecule has 0 aliphatic heterocycles. The third-order valence-corrected chi connectivity index (χ3v) is 1.72. The molecule has 1 aliphatic carbocycles. The average molecular weight is 136 g/mol. The summed E-state index contributed by atoms with van der Waals surface area (Å²) in [5, 5.41) is 0. The lowest BCUT2D eigenvalue weighted by atomic mass is 10.1. The molecule has 0 heteroatoms. The summed E-state index contributed by atoms with van der Waals surface area (Å²) >= 11 is 0. The van der Waals surface area contributed by atoms with Gasteiger partial charge in [0.2, 0.25) is 0 Å². The maximum absolute atomic E-state index is 3.88. The van der Waals surface area contributed by atoms with E-state index in [9.17, 15) is 0 Å². The molecule has 0 unspecified atom stereocenters. The van der Waals surface area contributed by atoms with Gasteiger partial charge in [0.15, 0.2) is 0 Å². The highest BCUT2D eigenvalue weighted by Gasteiger charge is 2.17. The van der Waals surface area contributed by atoms with Crippen LogP contribution in [0.1, 0.15) is 33.1 Å². The van der Waals surface area contributed by atoms with Crippen LogP contribution in [0.15, 0.2) is 23.8 Å². The number of allylic oxidation sites excluding steroid dienone is 3. The van der Waals surface area contributed by atoms with E-state index in [2.05, 4.69) is 26.5 Å². The fraction of sp³-hybridized carbons (Fsp3) is 0.600. The molecule has 0 aromatic carbocycles. The predicted molar refractivity (Wildman–Crippen MR) is 45.9 cm³/mol. The monoisotopic (exact) mass is 136 g/mol. The molecule has 0 aromatic heterocycles. The Bertz CT molecular complexity index is 159. The summed E-state index contributed by atoms with van der Waals surface area (Å²) in [6, 6.07) is 0. The lowest BCUT2D eigenvalue weighted by Crippen LogP contribution is -1.78. The highest BCUT2D eigenvalue weighted by Crippen LogP contribution is 2.32. The van der Waals surface area contributed by atoms with Gasteiger partial charge in [-0.15, -0.1) is 0 Å². The van der Waals surface area contributed by atoms with Gasteiger partial charge in [-0.25, -0.2) is 0 Å². The molecule has 0 radical (unpaired) electrons. The molecule has 56 valence electrons. The normalized spacial score (nSPS) is 19.2. The van der Waals surface area contributed by atoms with Crippen LogP contribution in [0.5, 0.6) is 0 Å². The minimum Gasteiger partial charge on any atom is -0.0998 e. The van der Waals surface area contributed by atoms with Gasteiger partial charge < -0.3 is 0 Å². The Kier molecular flexibility index (Phi) is 2.31. The van der Waals surface area contributed by atoms with Gasteiger partial charge >= 0.3 is 0 Å². The van der Waals surface area contributed by atoms with Crippen LogP contribution in [-0.2, 0) is 0 Å². The fourth-order valence-electron chi connectivity index (χ4n) is 1.20. The van der Waals surface area contributed by atoms with Crippen LogP contribution in [0.4, 0.5) is 0 Å². The van der Waals surface area contributed by atoms with Crippen molar-refractivity contribution in [1.82, 2.24) is 0 Å².